The van der Waals surface area contributed by atoms with Crippen LogP contribution in [-0.2, 0) is 9.47 Å². The van der Waals surface area contributed by atoms with Crippen molar-refractivity contribution in [2.75, 3.05) is 68.8 Å². The largest absolute Gasteiger partial charge is 0.444 e. The Labute approximate surface area is 288 Å². The first kappa shape index (κ1) is 39.9. The summed E-state index contributed by atoms with van der Waals surface area (Å²) in [5.74, 6) is 0.498. The number of anilines is 3. The smallest absolute Gasteiger partial charge is 0.410 e. The fraction of sp³-hybridized carbons (Fsp3) is 0.692. The SMILES string of the molecule is CC(C)(C)OC(=O)N1CCN(c2nnc(Cl)c(N)n2)C[C@@H]1CO.CC(C)(C)OC(=O)N1CCNC[C@@H]1CO.Nc1nc(Cl)nnc1Cl. The zero-order chi connectivity index (χ0) is 35.5. The van der Waals surface area contributed by atoms with Crippen molar-refractivity contribution >= 4 is 64.6 Å². The second-order valence-electron chi connectivity index (χ2n) is 12.2. The summed E-state index contributed by atoms with van der Waals surface area (Å²) < 4.78 is 10.6. The number of hydrogen-bond donors (Lipinski definition) is 5. The molecule has 21 heteroatoms. The van der Waals surface area contributed by atoms with Crippen LogP contribution >= 0.6 is 34.8 Å². The number of nitrogens with zero attached hydrogens (tertiary/aromatic N) is 9. The van der Waals surface area contributed by atoms with Crippen LogP contribution in [0.3, 0.4) is 0 Å². The normalized spacial score (nSPS) is 18.3. The summed E-state index contributed by atoms with van der Waals surface area (Å²) in [5, 5.41) is 36.3. The topological polar surface area (TPSA) is 244 Å². The Balaban J connectivity index is 0.000000273. The van der Waals surface area contributed by atoms with E-state index in [1.165, 1.54) is 4.90 Å². The van der Waals surface area contributed by atoms with Crippen molar-refractivity contribution < 1.29 is 29.3 Å². The number of piperazine rings is 2. The van der Waals surface area contributed by atoms with E-state index in [4.69, 9.17) is 60.9 Å². The molecule has 7 N–H and O–H groups in total. The molecular formula is C26H43Cl3N12O6. The van der Waals surface area contributed by atoms with E-state index in [-0.39, 0.29) is 52.6 Å². The van der Waals surface area contributed by atoms with Crippen molar-refractivity contribution in [3.05, 3.63) is 15.6 Å². The molecule has 47 heavy (non-hydrogen) atoms. The number of rotatable bonds is 3. The molecule has 2 atom stereocenters. The maximum Gasteiger partial charge on any atom is 0.410 e. The number of aliphatic hydroxyl groups is 2. The molecule has 2 fully saturated rings. The molecule has 2 saturated heterocycles. The number of hydrogen-bond acceptors (Lipinski definition) is 16. The van der Waals surface area contributed by atoms with Gasteiger partial charge in [-0.2, -0.15) is 9.97 Å². The minimum absolute atomic E-state index is 0.00287. The highest BCUT2D eigenvalue weighted by molar-refractivity contribution is 6.32. The van der Waals surface area contributed by atoms with E-state index in [2.05, 4.69) is 35.7 Å². The standard InChI is InChI=1S/C13H21ClN6O3.C10H20N2O3.C3H2Cl2N4/c1-13(2,3)23-12(22)20-5-4-19(6-8(20)7-21)11-16-10(15)9(14)17-18-11;1-10(2,3)15-9(14)12-5-4-11-6-8(12)7-13;4-1-2(6)7-3(5)9-8-1/h8,21H,4-7H2,1-3H3,(H2,15,16,18);8,11,13H,4-7H2,1-3H3;(H2,6,7,9)/t2*8-;/m11./s1. The zero-order valence-corrected chi connectivity index (χ0v) is 29.4. The number of aliphatic hydroxyl groups excluding tert-OH is 2. The summed E-state index contributed by atoms with van der Waals surface area (Å²) in [5.41, 5.74) is 9.75. The van der Waals surface area contributed by atoms with Gasteiger partial charge in [-0.1, -0.05) is 23.2 Å². The Morgan fingerprint density at radius 1 is 0.809 bits per heavy atom. The lowest BCUT2D eigenvalue weighted by Gasteiger charge is -2.40. The molecule has 2 aliphatic heterocycles. The third kappa shape index (κ3) is 13.4. The molecule has 0 bridgehead atoms. The second-order valence-corrected chi connectivity index (χ2v) is 13.3. The van der Waals surface area contributed by atoms with Crippen molar-refractivity contribution in [2.45, 2.75) is 64.8 Å². The molecule has 0 saturated carbocycles. The van der Waals surface area contributed by atoms with E-state index >= 15 is 0 Å². The minimum atomic E-state index is -0.591. The Hall–Kier alpha value is -3.29. The monoisotopic (exact) mass is 724 g/mol. The number of carbonyl (C=O) groups is 2. The average Bonchev–Trinajstić information content (AvgIpc) is 2.99. The molecule has 264 valence electrons. The predicted octanol–water partition coefficient (Wildman–Crippen LogP) is 1.47. The zero-order valence-electron chi connectivity index (χ0n) is 27.2. The lowest BCUT2D eigenvalue weighted by atomic mass is 10.2. The number of nitrogens with two attached hydrogens (primary N) is 2. The summed E-state index contributed by atoms with van der Waals surface area (Å²) in [6.45, 7) is 13.8. The van der Waals surface area contributed by atoms with Crippen LogP contribution in [0.15, 0.2) is 0 Å². The highest BCUT2D eigenvalue weighted by Gasteiger charge is 2.34. The van der Waals surface area contributed by atoms with Crippen molar-refractivity contribution in [3.8, 4) is 0 Å². The molecule has 0 aromatic carbocycles. The van der Waals surface area contributed by atoms with Crippen LogP contribution in [-0.4, -0.2) is 138 Å². The van der Waals surface area contributed by atoms with Crippen LogP contribution in [0, 0.1) is 0 Å². The number of amides is 2. The third-order valence-electron chi connectivity index (χ3n) is 6.10. The van der Waals surface area contributed by atoms with Crippen LogP contribution in [0.4, 0.5) is 27.2 Å². The van der Waals surface area contributed by atoms with E-state index in [0.29, 0.717) is 38.7 Å². The molecule has 4 heterocycles. The maximum absolute atomic E-state index is 12.2. The number of nitrogen functional groups attached to an aromatic ring is 2. The Kier molecular flexibility index (Phi) is 15.1. The van der Waals surface area contributed by atoms with Gasteiger partial charge in [-0.3, -0.25) is 4.90 Å². The third-order valence-corrected chi connectivity index (χ3v) is 6.80. The predicted molar refractivity (Wildman–Crippen MR) is 176 cm³/mol. The van der Waals surface area contributed by atoms with Crippen molar-refractivity contribution in [2.24, 2.45) is 0 Å². The maximum atomic E-state index is 12.2. The van der Waals surface area contributed by atoms with Gasteiger partial charge in [-0.05, 0) is 53.1 Å². The molecule has 2 aromatic heterocycles. The molecule has 2 aromatic rings. The van der Waals surface area contributed by atoms with Crippen LogP contribution in [0.25, 0.3) is 0 Å². The summed E-state index contributed by atoms with van der Waals surface area (Å²) in [6, 6.07) is -0.604. The Morgan fingerprint density at radius 2 is 1.32 bits per heavy atom. The molecule has 4 rings (SSSR count). The summed E-state index contributed by atoms with van der Waals surface area (Å²) in [6.07, 6.45) is -0.797. The number of ether oxygens (including phenoxy) is 2. The van der Waals surface area contributed by atoms with Gasteiger partial charge < -0.3 is 46.3 Å². The van der Waals surface area contributed by atoms with Crippen LogP contribution < -0.4 is 21.7 Å². The second kappa shape index (κ2) is 17.7. The van der Waals surface area contributed by atoms with Gasteiger partial charge in [-0.25, -0.2) is 9.59 Å². The fourth-order valence-corrected chi connectivity index (χ4v) is 4.28. The van der Waals surface area contributed by atoms with E-state index in [1.54, 1.807) is 30.6 Å². The van der Waals surface area contributed by atoms with E-state index in [1.807, 2.05) is 20.8 Å². The number of nitrogens with one attached hydrogen (secondary N) is 1. The lowest BCUT2D eigenvalue weighted by Crippen LogP contribution is -2.58. The number of carbonyl (C=O) groups excluding carboxylic acids is 2. The summed E-state index contributed by atoms with van der Waals surface area (Å²) in [4.78, 5) is 36.4. The minimum Gasteiger partial charge on any atom is -0.444 e. The van der Waals surface area contributed by atoms with Gasteiger partial charge in [0.05, 0.1) is 25.3 Å². The first-order chi connectivity index (χ1) is 21.8. The highest BCUT2D eigenvalue weighted by atomic mass is 35.5. The van der Waals surface area contributed by atoms with E-state index < -0.39 is 23.3 Å². The van der Waals surface area contributed by atoms with Gasteiger partial charge in [0.25, 0.3) is 0 Å². The Bertz CT molecular complexity index is 1330. The van der Waals surface area contributed by atoms with Crippen LogP contribution in [0.2, 0.25) is 15.6 Å². The van der Waals surface area contributed by atoms with Gasteiger partial charge in [-0.15, -0.1) is 20.4 Å². The van der Waals surface area contributed by atoms with Gasteiger partial charge in [0, 0.05) is 39.3 Å². The molecule has 2 amide bonds. The molecule has 0 spiro atoms. The molecule has 18 nitrogen and oxygen atoms in total. The van der Waals surface area contributed by atoms with Crippen LogP contribution in [0.1, 0.15) is 41.5 Å². The molecule has 0 radical (unpaired) electrons. The first-order valence-electron chi connectivity index (χ1n) is 14.5. The first-order valence-corrected chi connectivity index (χ1v) is 15.6. The summed E-state index contributed by atoms with van der Waals surface area (Å²) >= 11 is 16.4. The van der Waals surface area contributed by atoms with Gasteiger partial charge in [0.1, 0.15) is 11.2 Å². The molecule has 2 aliphatic rings. The van der Waals surface area contributed by atoms with E-state index in [9.17, 15) is 14.7 Å². The fourth-order valence-electron chi connectivity index (χ4n) is 3.99. The van der Waals surface area contributed by atoms with Gasteiger partial charge >= 0.3 is 12.2 Å². The highest BCUT2D eigenvalue weighted by Crippen LogP contribution is 2.21. The number of aromatic nitrogens is 6. The number of halogens is 3. The van der Waals surface area contributed by atoms with E-state index in [0.717, 1.165) is 6.54 Å². The quantitative estimate of drug-likeness (QED) is 0.301. The average molecular weight is 726 g/mol. The summed E-state index contributed by atoms with van der Waals surface area (Å²) in [7, 11) is 0. The molecule has 0 unspecified atom stereocenters. The van der Waals surface area contributed by atoms with Crippen molar-refractivity contribution in [3.63, 3.8) is 0 Å². The van der Waals surface area contributed by atoms with Crippen molar-refractivity contribution in [1.82, 2.24) is 45.5 Å². The lowest BCUT2D eigenvalue weighted by molar-refractivity contribution is 0.00441. The molecule has 0 aliphatic carbocycles. The van der Waals surface area contributed by atoms with Crippen LogP contribution in [0.5, 0.6) is 0 Å². The van der Waals surface area contributed by atoms with Gasteiger partial charge in [0.15, 0.2) is 21.9 Å². The molecular weight excluding hydrogens is 683 g/mol. The Morgan fingerprint density at radius 3 is 1.79 bits per heavy atom. The van der Waals surface area contributed by atoms with Gasteiger partial charge in [0.2, 0.25) is 11.2 Å². The van der Waals surface area contributed by atoms with Crippen molar-refractivity contribution in [1.29, 1.82) is 0 Å².